The number of hydrogen-bond acceptors (Lipinski definition) is 3. The third kappa shape index (κ3) is 4.54. The maximum Gasteiger partial charge on any atom is 0.320 e. The Morgan fingerprint density at radius 3 is 2.76 bits per heavy atom. The van der Waals surface area contributed by atoms with Gasteiger partial charge in [0.25, 0.3) is 0 Å². The van der Waals surface area contributed by atoms with Gasteiger partial charge in [0.2, 0.25) is 5.91 Å². The molecule has 2 aromatic rings. The van der Waals surface area contributed by atoms with Crippen LogP contribution in [0.2, 0.25) is 5.02 Å². The summed E-state index contributed by atoms with van der Waals surface area (Å²) in [6.45, 7) is 3.83. The van der Waals surface area contributed by atoms with E-state index in [1.807, 2.05) is 37.3 Å². The van der Waals surface area contributed by atoms with Gasteiger partial charge in [-0.15, -0.1) is 0 Å². The Morgan fingerprint density at radius 1 is 1.24 bits per heavy atom. The molecule has 1 aromatic heterocycles. The van der Waals surface area contributed by atoms with Crippen molar-refractivity contribution in [2.45, 2.75) is 20.0 Å². The van der Waals surface area contributed by atoms with Gasteiger partial charge in [-0.3, -0.25) is 4.79 Å². The normalized spacial score (nSPS) is 14.2. The van der Waals surface area contributed by atoms with Gasteiger partial charge in [-0.1, -0.05) is 23.7 Å². The van der Waals surface area contributed by atoms with Gasteiger partial charge < -0.3 is 19.5 Å². The van der Waals surface area contributed by atoms with E-state index in [1.54, 1.807) is 15.9 Å². The zero-order valence-electron chi connectivity index (χ0n) is 14.0. The molecule has 1 aromatic carbocycles. The summed E-state index contributed by atoms with van der Waals surface area (Å²) in [5.41, 5.74) is 0.973. The quantitative estimate of drug-likeness (QED) is 0.860. The van der Waals surface area contributed by atoms with Gasteiger partial charge in [0.15, 0.2) is 0 Å². The van der Waals surface area contributed by atoms with E-state index in [1.165, 1.54) is 0 Å². The van der Waals surface area contributed by atoms with Crippen molar-refractivity contribution in [2.24, 2.45) is 0 Å². The Bertz CT molecular complexity index is 774. The number of furan rings is 1. The second-order valence-electron chi connectivity index (χ2n) is 6.04. The predicted molar refractivity (Wildman–Crippen MR) is 94.1 cm³/mol. The Labute approximate surface area is 151 Å². The van der Waals surface area contributed by atoms with Gasteiger partial charge in [0.05, 0.1) is 6.54 Å². The Morgan fingerprint density at radius 2 is 2.04 bits per heavy atom. The minimum absolute atomic E-state index is 0.0462. The molecule has 1 aliphatic rings. The molecule has 0 saturated carbocycles. The summed E-state index contributed by atoms with van der Waals surface area (Å²) in [4.78, 5) is 27.7. The van der Waals surface area contributed by atoms with E-state index < -0.39 is 0 Å². The van der Waals surface area contributed by atoms with Gasteiger partial charge in [-0.25, -0.2) is 4.79 Å². The van der Waals surface area contributed by atoms with Gasteiger partial charge in [0, 0.05) is 24.7 Å². The van der Waals surface area contributed by atoms with Crippen molar-refractivity contribution in [1.82, 2.24) is 15.1 Å². The SMILES string of the molecule is Cc1ccc(CNC(=O)CN2CCN(Cc3cccc(Cl)c3)C2=O)o1. The van der Waals surface area contributed by atoms with E-state index in [2.05, 4.69) is 5.32 Å². The van der Waals surface area contributed by atoms with Crippen LogP contribution in [0.5, 0.6) is 0 Å². The summed E-state index contributed by atoms with van der Waals surface area (Å²) in [5.74, 6) is 1.30. The van der Waals surface area contributed by atoms with E-state index >= 15 is 0 Å². The van der Waals surface area contributed by atoms with Crippen molar-refractivity contribution < 1.29 is 14.0 Å². The second kappa shape index (κ2) is 7.61. The third-order valence-electron chi connectivity index (χ3n) is 4.03. The number of nitrogens with one attached hydrogen (secondary N) is 1. The van der Waals surface area contributed by atoms with Crippen molar-refractivity contribution in [3.05, 3.63) is 58.5 Å². The maximum atomic E-state index is 12.4. The summed E-state index contributed by atoms with van der Waals surface area (Å²) < 4.78 is 5.40. The number of aryl methyl sites for hydroxylation is 1. The van der Waals surface area contributed by atoms with Crippen molar-refractivity contribution in [1.29, 1.82) is 0 Å². The van der Waals surface area contributed by atoms with Crippen LogP contribution in [0.1, 0.15) is 17.1 Å². The highest BCUT2D eigenvalue weighted by Gasteiger charge is 2.29. The highest BCUT2D eigenvalue weighted by Crippen LogP contribution is 2.16. The number of urea groups is 1. The molecule has 1 aliphatic heterocycles. The summed E-state index contributed by atoms with van der Waals surface area (Å²) >= 11 is 5.98. The van der Waals surface area contributed by atoms with Gasteiger partial charge >= 0.3 is 6.03 Å². The van der Waals surface area contributed by atoms with Crippen LogP contribution in [-0.2, 0) is 17.9 Å². The first-order valence-electron chi connectivity index (χ1n) is 8.11. The summed E-state index contributed by atoms with van der Waals surface area (Å²) in [7, 11) is 0. The molecule has 0 bridgehead atoms. The molecule has 0 spiro atoms. The van der Waals surface area contributed by atoms with Crippen LogP contribution in [0.15, 0.2) is 40.8 Å². The molecule has 0 atom stereocenters. The first-order chi connectivity index (χ1) is 12.0. The molecule has 0 unspecified atom stereocenters. The third-order valence-corrected chi connectivity index (χ3v) is 4.27. The first-order valence-corrected chi connectivity index (χ1v) is 8.49. The smallest absolute Gasteiger partial charge is 0.320 e. The standard InChI is InChI=1S/C18H20ClN3O3/c1-13-5-6-16(25-13)10-20-17(23)12-22-8-7-21(18(22)24)11-14-3-2-4-15(19)9-14/h2-6,9H,7-8,10-12H2,1H3,(H,20,23). The number of hydrogen-bond donors (Lipinski definition) is 1. The molecule has 1 N–H and O–H groups in total. The molecule has 3 rings (SSSR count). The molecule has 0 aliphatic carbocycles. The van der Waals surface area contributed by atoms with Crippen molar-refractivity contribution in [3.63, 3.8) is 0 Å². The average Bonchev–Trinajstić information content (AvgIpc) is 3.13. The predicted octanol–water partition coefficient (Wildman–Crippen LogP) is 2.80. The lowest BCUT2D eigenvalue weighted by molar-refractivity contribution is -0.121. The maximum absolute atomic E-state index is 12.4. The average molecular weight is 362 g/mol. The minimum atomic E-state index is -0.202. The molecular weight excluding hydrogens is 342 g/mol. The summed E-state index contributed by atoms with van der Waals surface area (Å²) in [5, 5.41) is 3.42. The van der Waals surface area contributed by atoms with Crippen LogP contribution in [0.25, 0.3) is 0 Å². The number of halogens is 1. The fraction of sp³-hybridized carbons (Fsp3) is 0.333. The molecule has 1 fully saturated rings. The molecular formula is C18H20ClN3O3. The molecule has 0 radical (unpaired) electrons. The molecule has 132 valence electrons. The van der Waals surface area contributed by atoms with Crippen molar-refractivity contribution in [2.75, 3.05) is 19.6 Å². The molecule has 2 heterocycles. The highest BCUT2D eigenvalue weighted by molar-refractivity contribution is 6.30. The van der Waals surface area contributed by atoms with Gasteiger partial charge in [-0.05, 0) is 36.8 Å². The number of carbonyl (C=O) groups excluding carboxylic acids is 2. The van der Waals surface area contributed by atoms with Crippen LogP contribution in [0, 0.1) is 6.92 Å². The molecule has 1 saturated heterocycles. The monoisotopic (exact) mass is 361 g/mol. The van der Waals surface area contributed by atoms with Crippen LogP contribution in [0.4, 0.5) is 4.79 Å². The van der Waals surface area contributed by atoms with E-state index in [4.69, 9.17) is 16.0 Å². The summed E-state index contributed by atoms with van der Waals surface area (Å²) in [6.07, 6.45) is 0. The zero-order chi connectivity index (χ0) is 17.8. The lowest BCUT2D eigenvalue weighted by atomic mass is 10.2. The molecule has 3 amide bonds. The lowest BCUT2D eigenvalue weighted by Crippen LogP contribution is -2.39. The number of benzene rings is 1. The largest absolute Gasteiger partial charge is 0.465 e. The van der Waals surface area contributed by atoms with Crippen LogP contribution in [0.3, 0.4) is 0 Å². The molecule has 6 nitrogen and oxygen atoms in total. The Hall–Kier alpha value is -2.47. The van der Waals surface area contributed by atoms with Crippen LogP contribution < -0.4 is 5.32 Å². The van der Waals surface area contributed by atoms with E-state index in [0.29, 0.717) is 37.0 Å². The van der Waals surface area contributed by atoms with E-state index in [9.17, 15) is 9.59 Å². The number of carbonyl (C=O) groups is 2. The van der Waals surface area contributed by atoms with Crippen LogP contribution in [-0.4, -0.2) is 41.4 Å². The Balaban J connectivity index is 1.49. The zero-order valence-corrected chi connectivity index (χ0v) is 14.8. The number of nitrogens with zero attached hydrogens (tertiary/aromatic N) is 2. The van der Waals surface area contributed by atoms with E-state index in [-0.39, 0.29) is 18.5 Å². The Kier molecular flexibility index (Phi) is 5.28. The topological polar surface area (TPSA) is 65.8 Å². The van der Waals surface area contributed by atoms with Gasteiger partial charge in [-0.2, -0.15) is 0 Å². The first kappa shape index (κ1) is 17.4. The van der Waals surface area contributed by atoms with Gasteiger partial charge in [0.1, 0.15) is 18.1 Å². The van der Waals surface area contributed by atoms with Crippen molar-refractivity contribution in [3.8, 4) is 0 Å². The van der Waals surface area contributed by atoms with Crippen LogP contribution >= 0.6 is 11.6 Å². The highest BCUT2D eigenvalue weighted by atomic mass is 35.5. The minimum Gasteiger partial charge on any atom is -0.465 e. The van der Waals surface area contributed by atoms with Crippen molar-refractivity contribution >= 4 is 23.5 Å². The molecule has 7 heteroatoms. The lowest BCUT2D eigenvalue weighted by Gasteiger charge is -2.18. The summed E-state index contributed by atoms with van der Waals surface area (Å²) in [6, 6.07) is 11.0. The number of rotatable bonds is 6. The fourth-order valence-electron chi connectivity index (χ4n) is 2.78. The fourth-order valence-corrected chi connectivity index (χ4v) is 2.99. The van der Waals surface area contributed by atoms with E-state index in [0.717, 1.165) is 11.3 Å². The molecule has 25 heavy (non-hydrogen) atoms. The number of amides is 3. The second-order valence-corrected chi connectivity index (χ2v) is 6.48.